The number of methoxy groups -OCH3 is 2. The van der Waals surface area contributed by atoms with Crippen LogP contribution in [0.1, 0.15) is 67.2 Å². The Hall–Kier alpha value is -4.18. The Balaban J connectivity index is 0.000000215. The van der Waals surface area contributed by atoms with Crippen LogP contribution in [0.5, 0.6) is 0 Å². The van der Waals surface area contributed by atoms with Crippen molar-refractivity contribution in [1.29, 1.82) is 0 Å². The van der Waals surface area contributed by atoms with Gasteiger partial charge in [0.2, 0.25) is 0 Å². The maximum atomic E-state index is 12.7. The number of carbonyl (C=O) groups excluding carboxylic acids is 4. The molecule has 4 aliphatic rings. The molecule has 0 radical (unpaired) electrons. The number of esters is 2. The van der Waals surface area contributed by atoms with Crippen LogP contribution < -0.4 is 9.80 Å². The second-order valence-corrected chi connectivity index (χ2v) is 19.5. The van der Waals surface area contributed by atoms with Gasteiger partial charge in [-0.1, -0.05) is 24.3 Å². The third-order valence-electron chi connectivity index (χ3n) is 9.94. The van der Waals surface area contributed by atoms with Gasteiger partial charge < -0.3 is 28.7 Å². The minimum absolute atomic E-state index is 0.0569. The Morgan fingerprint density at radius 3 is 1.66 bits per heavy atom. The number of likely N-dealkylation sites (tertiary alicyclic amines) is 2. The molecule has 4 aliphatic heterocycles. The standard InChI is InChI=1S/C20H28N2O6S.C20H28N2O4S/c1-20(2,3)28-19(24)22-13-14(12-16(22)18(23)27-4)21-10-7-11-29(25,26)17-9-6-5-8-15(17)21;1-20(2,3)26-19(24)22-13-14(12-16(22)18(23)25-4)21-10-7-11-27-17-9-6-5-8-15(17)21/h5-6,8-9,14,16H,7,10-13H2,1-4H3;5-6,8-9,14,16H,7,10-13H2,1-4H3/t2*14-,16-/m00/s1. The van der Waals surface area contributed by atoms with Crippen molar-refractivity contribution in [2.75, 3.05) is 61.7 Å². The molecule has 2 amide bonds. The lowest BCUT2D eigenvalue weighted by molar-refractivity contribution is -0.146. The number of ether oxygens (including phenoxy) is 4. The first kappa shape index (κ1) is 43.0. The summed E-state index contributed by atoms with van der Waals surface area (Å²) in [6.45, 7) is 12.9. The quantitative estimate of drug-likeness (QED) is 0.272. The number of hydrogen-bond acceptors (Lipinski definition) is 13. The third-order valence-corrected chi connectivity index (χ3v) is 12.9. The highest BCUT2D eigenvalue weighted by atomic mass is 32.2. The smallest absolute Gasteiger partial charge is 0.411 e. The Labute approximate surface area is 335 Å². The minimum Gasteiger partial charge on any atom is -0.467 e. The van der Waals surface area contributed by atoms with Gasteiger partial charge in [-0.3, -0.25) is 9.80 Å². The van der Waals surface area contributed by atoms with Crippen molar-refractivity contribution in [3.8, 4) is 0 Å². The normalized spacial score (nSPS) is 23.4. The summed E-state index contributed by atoms with van der Waals surface area (Å²) in [7, 11) is -0.718. The number of hydrogen-bond donors (Lipinski definition) is 0. The molecule has 308 valence electrons. The van der Waals surface area contributed by atoms with Crippen LogP contribution in [0.25, 0.3) is 0 Å². The minimum atomic E-state index is -3.37. The van der Waals surface area contributed by atoms with Gasteiger partial charge in [-0.05, 0) is 84.4 Å². The van der Waals surface area contributed by atoms with Crippen molar-refractivity contribution in [1.82, 2.24) is 9.80 Å². The van der Waals surface area contributed by atoms with Gasteiger partial charge in [0.15, 0.2) is 9.84 Å². The predicted octanol–water partition coefficient (Wildman–Crippen LogP) is 5.76. The molecule has 16 heteroatoms. The lowest BCUT2D eigenvalue weighted by atomic mass is 10.1. The molecule has 2 fully saturated rings. The number of para-hydroxylation sites is 2. The molecule has 2 aromatic rings. The number of rotatable bonds is 4. The number of anilines is 2. The van der Waals surface area contributed by atoms with E-state index in [1.807, 2.05) is 49.6 Å². The highest BCUT2D eigenvalue weighted by molar-refractivity contribution is 7.99. The number of nitrogens with zero attached hydrogens (tertiary/aromatic N) is 4. The fourth-order valence-corrected chi connectivity index (χ4v) is 10.1. The van der Waals surface area contributed by atoms with Gasteiger partial charge in [0.05, 0.1) is 36.2 Å². The summed E-state index contributed by atoms with van der Waals surface area (Å²) in [5.74, 6) is 0.245. The molecule has 4 atom stereocenters. The Morgan fingerprint density at radius 1 is 0.679 bits per heavy atom. The molecule has 2 saturated heterocycles. The lowest BCUT2D eigenvalue weighted by Gasteiger charge is -2.31. The number of benzene rings is 2. The highest BCUT2D eigenvalue weighted by Crippen LogP contribution is 2.38. The number of sulfone groups is 1. The molecular weight excluding hydrogens is 761 g/mol. The average molecular weight is 817 g/mol. The van der Waals surface area contributed by atoms with Gasteiger partial charge in [-0.2, -0.15) is 0 Å². The van der Waals surface area contributed by atoms with E-state index in [-0.39, 0.29) is 30.4 Å². The molecule has 2 aromatic carbocycles. The predicted molar refractivity (Wildman–Crippen MR) is 214 cm³/mol. The number of fused-ring (bicyclic) bond motifs is 2. The summed E-state index contributed by atoms with van der Waals surface area (Å²) >= 11 is 1.86. The Bertz CT molecular complexity index is 1860. The van der Waals surface area contributed by atoms with Gasteiger partial charge in [-0.15, -0.1) is 11.8 Å². The molecule has 0 aliphatic carbocycles. The van der Waals surface area contributed by atoms with Crippen molar-refractivity contribution in [3.63, 3.8) is 0 Å². The summed E-state index contributed by atoms with van der Waals surface area (Å²) in [5.41, 5.74) is 0.491. The van der Waals surface area contributed by atoms with Crippen molar-refractivity contribution in [2.24, 2.45) is 0 Å². The zero-order valence-corrected chi connectivity index (χ0v) is 35.3. The Kier molecular flexibility index (Phi) is 13.4. The van der Waals surface area contributed by atoms with Crippen molar-refractivity contribution in [2.45, 2.75) is 112 Å². The summed E-state index contributed by atoms with van der Waals surface area (Å²) in [4.78, 5) is 58.9. The van der Waals surface area contributed by atoms with Crippen LogP contribution in [-0.2, 0) is 38.4 Å². The third kappa shape index (κ3) is 10.2. The van der Waals surface area contributed by atoms with Crippen LogP contribution in [0.4, 0.5) is 21.0 Å². The molecule has 6 rings (SSSR count). The van der Waals surface area contributed by atoms with E-state index in [9.17, 15) is 27.6 Å². The van der Waals surface area contributed by atoms with Gasteiger partial charge in [0.1, 0.15) is 23.3 Å². The second-order valence-electron chi connectivity index (χ2n) is 16.3. The number of thioether (sulfide) groups is 1. The van der Waals surface area contributed by atoms with E-state index >= 15 is 0 Å². The summed E-state index contributed by atoms with van der Waals surface area (Å²) in [6, 6.07) is 13.7. The van der Waals surface area contributed by atoms with E-state index in [1.165, 1.54) is 34.6 Å². The van der Waals surface area contributed by atoms with Crippen LogP contribution >= 0.6 is 11.8 Å². The van der Waals surface area contributed by atoms with E-state index in [0.717, 1.165) is 18.7 Å². The van der Waals surface area contributed by atoms with Crippen LogP contribution in [0, 0.1) is 0 Å². The second kappa shape index (κ2) is 17.5. The molecule has 0 N–H and O–H groups in total. The molecular formula is C40H56N4O10S2. The van der Waals surface area contributed by atoms with E-state index < -0.39 is 51.3 Å². The topological polar surface area (TPSA) is 152 Å². The van der Waals surface area contributed by atoms with Crippen LogP contribution in [0.3, 0.4) is 0 Å². The van der Waals surface area contributed by atoms with Gasteiger partial charge in [-0.25, -0.2) is 27.6 Å². The van der Waals surface area contributed by atoms with Crippen LogP contribution in [0.15, 0.2) is 58.3 Å². The first-order chi connectivity index (χ1) is 26.3. The van der Waals surface area contributed by atoms with Gasteiger partial charge >= 0.3 is 24.1 Å². The monoisotopic (exact) mass is 816 g/mol. The maximum Gasteiger partial charge on any atom is 0.411 e. The van der Waals surface area contributed by atoms with E-state index in [4.69, 9.17) is 18.9 Å². The largest absolute Gasteiger partial charge is 0.467 e. The fraction of sp³-hybridized carbons (Fsp3) is 0.600. The number of carbonyl (C=O) groups is 4. The van der Waals surface area contributed by atoms with Crippen LogP contribution in [0.2, 0.25) is 0 Å². The van der Waals surface area contributed by atoms with Crippen molar-refractivity contribution < 1.29 is 46.5 Å². The highest BCUT2D eigenvalue weighted by Gasteiger charge is 2.46. The molecule has 56 heavy (non-hydrogen) atoms. The molecule has 0 spiro atoms. The first-order valence-corrected chi connectivity index (χ1v) is 21.7. The SMILES string of the molecule is COC(=O)[C@@H]1C[C@H](N2CCCS(=O)(=O)c3ccccc32)CN1C(=O)OC(C)(C)C.COC(=O)[C@@H]1C[C@H](N2CCCSc3ccccc32)CN1C(=O)OC(C)(C)C. The molecule has 0 bridgehead atoms. The summed E-state index contributed by atoms with van der Waals surface area (Å²) < 4.78 is 46.1. The molecule has 0 unspecified atom stereocenters. The van der Waals surface area contributed by atoms with Gasteiger partial charge in [0, 0.05) is 56.0 Å². The molecule has 14 nitrogen and oxygen atoms in total. The van der Waals surface area contributed by atoms with E-state index in [0.29, 0.717) is 42.9 Å². The van der Waals surface area contributed by atoms with E-state index in [1.54, 1.807) is 45.0 Å². The maximum absolute atomic E-state index is 12.7. The van der Waals surface area contributed by atoms with Gasteiger partial charge in [0.25, 0.3) is 0 Å². The first-order valence-electron chi connectivity index (χ1n) is 19.1. The zero-order chi connectivity index (χ0) is 41.0. The number of amides is 2. The lowest BCUT2D eigenvalue weighted by Crippen LogP contribution is -2.44. The van der Waals surface area contributed by atoms with E-state index in [2.05, 4.69) is 17.0 Å². The summed E-state index contributed by atoms with van der Waals surface area (Å²) in [5, 5.41) is 0. The van der Waals surface area contributed by atoms with Crippen molar-refractivity contribution >= 4 is 57.1 Å². The zero-order valence-electron chi connectivity index (χ0n) is 33.7. The average Bonchev–Trinajstić information content (AvgIpc) is 3.69. The molecule has 4 heterocycles. The van der Waals surface area contributed by atoms with Crippen LogP contribution in [-0.4, -0.2) is 130 Å². The molecule has 0 aromatic heterocycles. The van der Waals surface area contributed by atoms with Crippen molar-refractivity contribution in [3.05, 3.63) is 48.5 Å². The fourth-order valence-electron chi connectivity index (χ4n) is 7.57. The Morgan fingerprint density at radius 2 is 1.14 bits per heavy atom. The molecule has 0 saturated carbocycles. The summed E-state index contributed by atoms with van der Waals surface area (Å²) in [6.07, 6.45) is 1.39.